The first-order valence-corrected chi connectivity index (χ1v) is 6.02. The van der Waals surface area contributed by atoms with Gasteiger partial charge in [0.05, 0.1) is 5.01 Å². The maximum Gasteiger partial charge on any atom is 0.412 e. The van der Waals surface area contributed by atoms with E-state index in [0.717, 1.165) is 5.01 Å². The molecule has 1 aromatic heterocycles. The van der Waals surface area contributed by atoms with E-state index >= 15 is 0 Å². The third-order valence-corrected chi connectivity index (χ3v) is 3.03. The Kier molecular flexibility index (Phi) is 3.72. The van der Waals surface area contributed by atoms with Crippen LogP contribution in [0.1, 0.15) is 25.8 Å². The van der Waals surface area contributed by atoms with Crippen LogP contribution in [0.4, 0.5) is 9.80 Å². The van der Waals surface area contributed by atoms with Crippen molar-refractivity contribution < 1.29 is 9.53 Å². The second-order valence-electron chi connectivity index (χ2n) is 3.98. The molecule has 0 saturated carbocycles. The molecule has 6 heteroatoms. The number of hydrogen-bond donors (Lipinski definition) is 1. The Bertz CT molecular complexity index is 371. The minimum atomic E-state index is -0.490. The molecule has 0 radical (unpaired) electrons. The van der Waals surface area contributed by atoms with Crippen LogP contribution in [0.5, 0.6) is 0 Å². The van der Waals surface area contributed by atoms with Crippen molar-refractivity contribution in [3.05, 3.63) is 9.61 Å². The fourth-order valence-corrected chi connectivity index (χ4v) is 2.30. The summed E-state index contributed by atoms with van der Waals surface area (Å²) in [6.07, 6.45) is -0.466. The third-order valence-electron chi connectivity index (χ3n) is 1.31. The zero-order valence-electron chi connectivity index (χ0n) is 9.05. The van der Waals surface area contributed by atoms with Crippen LogP contribution in [0.3, 0.4) is 0 Å². The van der Waals surface area contributed by atoms with Gasteiger partial charge in [0.25, 0.3) is 0 Å². The van der Waals surface area contributed by atoms with Gasteiger partial charge in [-0.2, -0.15) is 0 Å². The van der Waals surface area contributed by atoms with Crippen molar-refractivity contribution in [2.75, 3.05) is 5.32 Å². The van der Waals surface area contributed by atoms with Crippen molar-refractivity contribution >= 4 is 38.4 Å². The van der Waals surface area contributed by atoms with Crippen LogP contribution in [0.2, 0.25) is 0 Å². The molecule has 0 fully saturated rings. The molecule has 1 amide bonds. The van der Waals surface area contributed by atoms with Crippen molar-refractivity contribution in [3.8, 4) is 0 Å². The van der Waals surface area contributed by atoms with Crippen molar-refractivity contribution in [1.82, 2.24) is 4.98 Å². The van der Waals surface area contributed by atoms with Crippen LogP contribution in [0, 0.1) is 6.92 Å². The predicted octanol–water partition coefficient (Wildman–Crippen LogP) is 3.56. The molecule has 0 atom stereocenters. The van der Waals surface area contributed by atoms with Gasteiger partial charge >= 0.3 is 6.09 Å². The van der Waals surface area contributed by atoms with Gasteiger partial charge in [-0.25, -0.2) is 9.78 Å². The molecule has 1 aromatic rings. The molecule has 0 aliphatic heterocycles. The van der Waals surface area contributed by atoms with Gasteiger partial charge in [0.15, 0.2) is 0 Å². The summed E-state index contributed by atoms with van der Waals surface area (Å²) in [5.41, 5.74) is -0.490. The average Bonchev–Trinajstić information content (AvgIpc) is 2.25. The van der Waals surface area contributed by atoms with E-state index in [0.29, 0.717) is 9.60 Å². The Morgan fingerprint density at radius 3 is 2.53 bits per heavy atom. The van der Waals surface area contributed by atoms with Crippen LogP contribution in [-0.2, 0) is 4.74 Å². The zero-order chi connectivity index (χ0) is 11.6. The number of hydrogen-bond acceptors (Lipinski definition) is 4. The van der Waals surface area contributed by atoms with Gasteiger partial charge in [-0.3, -0.25) is 5.32 Å². The fourth-order valence-electron chi connectivity index (χ4n) is 0.875. The second-order valence-corrected chi connectivity index (χ2v) is 5.93. The number of carbonyl (C=O) groups is 1. The van der Waals surface area contributed by atoms with E-state index in [1.54, 1.807) is 0 Å². The van der Waals surface area contributed by atoms with Gasteiger partial charge in [-0.15, -0.1) is 11.3 Å². The van der Waals surface area contributed by atoms with Crippen molar-refractivity contribution in [3.63, 3.8) is 0 Å². The quantitative estimate of drug-likeness (QED) is 0.861. The Hall–Kier alpha value is -0.620. The Morgan fingerprint density at radius 1 is 1.53 bits per heavy atom. The van der Waals surface area contributed by atoms with Gasteiger partial charge in [0.2, 0.25) is 0 Å². The lowest BCUT2D eigenvalue weighted by molar-refractivity contribution is 0.0636. The van der Waals surface area contributed by atoms with E-state index in [2.05, 4.69) is 26.2 Å². The summed E-state index contributed by atoms with van der Waals surface area (Å²) in [6.45, 7) is 7.33. The van der Waals surface area contributed by atoms with Crippen LogP contribution in [-0.4, -0.2) is 16.7 Å². The number of aromatic nitrogens is 1. The van der Waals surface area contributed by atoms with Crippen molar-refractivity contribution in [2.24, 2.45) is 0 Å². The summed E-state index contributed by atoms with van der Waals surface area (Å²) in [6, 6.07) is 0. The summed E-state index contributed by atoms with van der Waals surface area (Å²) in [7, 11) is 0. The van der Waals surface area contributed by atoms with E-state index < -0.39 is 11.7 Å². The lowest BCUT2D eigenvalue weighted by Gasteiger charge is -2.19. The highest BCUT2D eigenvalue weighted by molar-refractivity contribution is 9.10. The van der Waals surface area contributed by atoms with Crippen LogP contribution >= 0.6 is 27.3 Å². The molecule has 0 aromatic carbocycles. The van der Waals surface area contributed by atoms with Gasteiger partial charge < -0.3 is 4.74 Å². The number of amides is 1. The molecular weight excluding hydrogens is 280 g/mol. The van der Waals surface area contributed by atoms with Gasteiger partial charge in [-0.05, 0) is 43.6 Å². The number of aryl methyl sites for hydroxylation is 1. The smallest absolute Gasteiger partial charge is 0.412 e. The van der Waals surface area contributed by atoms with Gasteiger partial charge in [0.1, 0.15) is 15.2 Å². The SMILES string of the molecule is Cc1nc(Br)c(NC(=O)OC(C)(C)C)s1. The van der Waals surface area contributed by atoms with E-state index in [1.165, 1.54) is 11.3 Å². The molecule has 1 heterocycles. The number of anilines is 1. The zero-order valence-corrected chi connectivity index (χ0v) is 11.5. The highest BCUT2D eigenvalue weighted by Gasteiger charge is 2.18. The summed E-state index contributed by atoms with van der Waals surface area (Å²) in [5, 5.41) is 4.19. The van der Waals surface area contributed by atoms with Gasteiger partial charge in [0, 0.05) is 0 Å². The molecule has 0 aliphatic carbocycles. The Morgan fingerprint density at radius 2 is 2.13 bits per heavy atom. The molecule has 0 bridgehead atoms. The lowest BCUT2D eigenvalue weighted by Crippen LogP contribution is -2.27. The van der Waals surface area contributed by atoms with E-state index in [1.807, 2.05) is 27.7 Å². The lowest BCUT2D eigenvalue weighted by atomic mass is 10.2. The fraction of sp³-hybridized carbons (Fsp3) is 0.556. The molecule has 0 aliphatic rings. The van der Waals surface area contributed by atoms with Gasteiger partial charge in [-0.1, -0.05) is 0 Å². The summed E-state index contributed by atoms with van der Waals surface area (Å²) in [5.74, 6) is 0. The first-order valence-electron chi connectivity index (χ1n) is 4.41. The number of nitrogens with one attached hydrogen (secondary N) is 1. The average molecular weight is 293 g/mol. The number of thiazole rings is 1. The Labute approximate surface area is 101 Å². The minimum absolute atomic E-state index is 0.466. The number of nitrogens with zero attached hydrogens (tertiary/aromatic N) is 1. The Balaban J connectivity index is 2.63. The molecule has 0 saturated heterocycles. The number of ether oxygens (including phenoxy) is 1. The highest BCUT2D eigenvalue weighted by Crippen LogP contribution is 2.28. The van der Waals surface area contributed by atoms with E-state index in [9.17, 15) is 4.79 Å². The third kappa shape index (κ3) is 4.17. The van der Waals surface area contributed by atoms with E-state index in [-0.39, 0.29) is 0 Å². The van der Waals surface area contributed by atoms with Crippen LogP contribution in [0.15, 0.2) is 4.60 Å². The molecule has 84 valence electrons. The first-order chi connectivity index (χ1) is 6.78. The topological polar surface area (TPSA) is 51.2 Å². The largest absolute Gasteiger partial charge is 0.444 e. The molecule has 1 rings (SSSR count). The maximum absolute atomic E-state index is 11.4. The molecule has 4 nitrogen and oxygen atoms in total. The first kappa shape index (κ1) is 12.4. The number of halogens is 1. The number of carbonyl (C=O) groups excluding carboxylic acids is 1. The van der Waals surface area contributed by atoms with Crippen molar-refractivity contribution in [2.45, 2.75) is 33.3 Å². The highest BCUT2D eigenvalue weighted by atomic mass is 79.9. The van der Waals surface area contributed by atoms with Crippen LogP contribution in [0.25, 0.3) is 0 Å². The summed E-state index contributed by atoms with van der Waals surface area (Å²) in [4.78, 5) is 15.5. The second kappa shape index (κ2) is 4.49. The van der Waals surface area contributed by atoms with Crippen LogP contribution < -0.4 is 5.32 Å². The summed E-state index contributed by atoms with van der Waals surface area (Å²) >= 11 is 4.65. The normalized spacial score (nSPS) is 11.3. The molecule has 1 N–H and O–H groups in total. The molecular formula is C9H13BrN2O2S. The standard InChI is InChI=1S/C9H13BrN2O2S/c1-5-11-6(10)7(15-5)12-8(13)14-9(2,3)4/h1-4H3,(H,12,13). The van der Waals surface area contributed by atoms with E-state index in [4.69, 9.17) is 4.74 Å². The number of rotatable bonds is 1. The van der Waals surface area contributed by atoms with Crippen molar-refractivity contribution in [1.29, 1.82) is 0 Å². The molecule has 15 heavy (non-hydrogen) atoms. The maximum atomic E-state index is 11.4. The predicted molar refractivity (Wildman–Crippen MR) is 64.4 cm³/mol. The summed E-state index contributed by atoms with van der Waals surface area (Å²) < 4.78 is 5.75. The monoisotopic (exact) mass is 292 g/mol. The molecule has 0 spiro atoms. The minimum Gasteiger partial charge on any atom is -0.444 e. The molecule has 0 unspecified atom stereocenters.